The minimum atomic E-state index is -1.07. The van der Waals surface area contributed by atoms with Crippen LogP contribution in [0, 0.1) is 18.8 Å². The maximum absolute atomic E-state index is 14.7. The molecule has 0 radical (unpaired) electrons. The van der Waals surface area contributed by atoms with E-state index in [1.54, 1.807) is 61.2 Å². The lowest BCUT2D eigenvalue weighted by atomic mass is 9.89. The quantitative estimate of drug-likeness (QED) is 0.0124. The number of pyridine rings is 1. The van der Waals surface area contributed by atoms with Crippen molar-refractivity contribution < 1.29 is 81.8 Å². The van der Waals surface area contributed by atoms with E-state index in [1.165, 1.54) is 47.3 Å². The van der Waals surface area contributed by atoms with Crippen LogP contribution in [0.25, 0.3) is 21.7 Å². The Bertz CT molecular complexity index is 3810. The van der Waals surface area contributed by atoms with Gasteiger partial charge in [0.1, 0.15) is 36.2 Å². The number of nitrogens with zero attached hydrogens (tertiary/aromatic N) is 5. The number of aromatic nitrogens is 2. The van der Waals surface area contributed by atoms with Crippen molar-refractivity contribution in [2.45, 2.75) is 58.6 Å². The van der Waals surface area contributed by atoms with Crippen molar-refractivity contribution in [3.63, 3.8) is 0 Å². The molecule has 28 nitrogen and oxygen atoms in total. The second-order valence-corrected chi connectivity index (χ2v) is 23.2. The molecule has 8 rings (SSSR count). The van der Waals surface area contributed by atoms with Crippen LogP contribution in [0.4, 0.5) is 36.4 Å². The van der Waals surface area contributed by atoms with Gasteiger partial charge in [0, 0.05) is 104 Å². The van der Waals surface area contributed by atoms with Gasteiger partial charge in [-0.2, -0.15) is 0 Å². The summed E-state index contributed by atoms with van der Waals surface area (Å²) in [5.41, 5.74) is 9.29. The predicted molar refractivity (Wildman–Crippen MR) is 349 cm³/mol. The number of aliphatic hydroxyl groups is 1. The maximum Gasteiger partial charge on any atom is 0.415 e. The number of ether oxygens (including phenoxy) is 5. The number of primary amides is 1. The number of likely N-dealkylation sites (N-methyl/N-ethyl adjacent to an activating group) is 1. The second-order valence-electron chi connectivity index (χ2n) is 22.8. The van der Waals surface area contributed by atoms with Gasteiger partial charge in [-0.15, -0.1) is 11.6 Å². The molecule has 29 heteroatoms. The number of nitrogens with two attached hydrogens (primary N) is 1. The third-order valence-electron chi connectivity index (χ3n) is 15.7. The zero-order valence-corrected chi connectivity index (χ0v) is 53.6. The van der Waals surface area contributed by atoms with Crippen molar-refractivity contribution in [2.75, 3.05) is 107 Å². The third kappa shape index (κ3) is 19.0. The Morgan fingerprint density at radius 3 is 2.27 bits per heavy atom. The number of H-pyrrole nitrogens is 1. The Balaban J connectivity index is 0.901. The number of phenols is 1. The minimum absolute atomic E-state index is 0.00719. The summed E-state index contributed by atoms with van der Waals surface area (Å²) in [5.74, 6) is -4.06. The zero-order chi connectivity index (χ0) is 68.3. The number of aromatic amines is 1. The first kappa shape index (κ1) is 70.7. The highest BCUT2D eigenvalue weighted by molar-refractivity contribution is 6.20. The molecule has 6 aromatic rings. The first-order valence-electron chi connectivity index (χ1n) is 30.7. The molecule has 0 saturated heterocycles. The van der Waals surface area contributed by atoms with Crippen molar-refractivity contribution in [3.8, 4) is 11.5 Å². The number of carbonyl (C=O) groups is 10. The molecule has 9 N–H and O–H groups in total. The summed E-state index contributed by atoms with van der Waals surface area (Å²) >= 11 is 6.67. The van der Waals surface area contributed by atoms with Crippen molar-refractivity contribution in [1.82, 2.24) is 35.3 Å². The highest BCUT2D eigenvalue weighted by atomic mass is 35.5. The number of urea groups is 1. The fourth-order valence-electron chi connectivity index (χ4n) is 10.7. The van der Waals surface area contributed by atoms with Gasteiger partial charge in [-0.25, -0.2) is 24.2 Å². The number of alkyl carbamates (subject to hydrolysis) is 1. The number of fused-ring (bicyclic) bond motifs is 4. The molecule has 504 valence electrons. The van der Waals surface area contributed by atoms with Crippen LogP contribution in [0.15, 0.2) is 103 Å². The molecule has 2 aliphatic rings. The number of rotatable bonds is 32. The van der Waals surface area contributed by atoms with E-state index < -0.39 is 77.5 Å². The maximum atomic E-state index is 14.7. The fourth-order valence-corrected chi connectivity index (χ4v) is 11.0. The first-order chi connectivity index (χ1) is 45.6. The number of Topliss-reactive ketones (excluding diaryl/α,β-unsaturated/α-hetero) is 1. The summed E-state index contributed by atoms with van der Waals surface area (Å²) in [4.78, 5) is 144. The second kappa shape index (κ2) is 33.6. The van der Waals surface area contributed by atoms with E-state index in [2.05, 4.69) is 31.2 Å². The SMILES string of the molecule is Cc1cccc2c(OC(=O)N(CCOCCOCCO)CCN(C)C(=O)OCc3ccc(NC(=O)[C@H](CCCNC(N)=O)CC(=O)[C@@H](NC(=O)OCCN4C(=O)C=CC4=O)C(C)C)cc3)cc3c(c12)[C@H](CCl)CN3C(=O)c1cc2cc(NC(=O)c3ccc(O)cc3)ncc2[nH]1. The number of aryl methyl sites for hydroxylation is 1. The number of benzene rings is 4. The molecule has 0 bridgehead atoms. The summed E-state index contributed by atoms with van der Waals surface area (Å²) in [6, 6.07) is 20.8. The lowest BCUT2D eigenvalue weighted by molar-refractivity contribution is -0.137. The standard InChI is InChI=1S/C66H76ClN11O17/c1-39(2)59(74-64(88)93-27-24-77-55(82)18-19-56(77)83)52(81)32-43(8-6-20-69-63(68)87)61(85)71-46-14-10-41(11-15-46)38-94-65(89)75(4)21-22-76(23-26-91-29-30-92-28-25-79)66(90)95-53-34-51-58(57-40(3)7-5-9-48(53)57)45(35-67)37-78(51)62(86)49-31-44-33-54(70-36-50(44)72-49)73-60(84)42-12-16-47(80)17-13-42/h5,7,9-19,31,33-34,36,39,43,45,59,72,79-80H,6,8,20-30,32,35,37-38H2,1-4H3,(H,71,85)(H,74,88)(H3,68,69,87)(H,70,73,84)/t43-,45-,59+/m1/s1. The number of nitrogens with one attached hydrogen (secondary N) is 5. The Morgan fingerprint density at radius 2 is 1.58 bits per heavy atom. The number of amides is 10. The van der Waals surface area contributed by atoms with Crippen LogP contribution in [0.2, 0.25) is 0 Å². The molecule has 2 aliphatic heterocycles. The molecule has 95 heavy (non-hydrogen) atoms. The molecule has 10 amide bonds. The monoisotopic (exact) mass is 1330 g/mol. The summed E-state index contributed by atoms with van der Waals surface area (Å²) in [6.45, 7) is 5.19. The molecule has 3 atom stereocenters. The summed E-state index contributed by atoms with van der Waals surface area (Å²) in [5, 5.41) is 31.3. The van der Waals surface area contributed by atoms with E-state index in [0.29, 0.717) is 38.8 Å². The van der Waals surface area contributed by atoms with Crippen LogP contribution in [-0.4, -0.2) is 192 Å². The number of halogens is 1. The Labute approximate surface area is 551 Å². The molecule has 0 saturated carbocycles. The fraction of sp³-hybridized carbons (Fsp3) is 0.379. The number of imide groups is 1. The van der Waals surface area contributed by atoms with Gasteiger partial charge in [0.05, 0.1) is 63.0 Å². The van der Waals surface area contributed by atoms with Gasteiger partial charge in [0.25, 0.3) is 23.6 Å². The normalized spacial score (nSPS) is 13.9. The van der Waals surface area contributed by atoms with Gasteiger partial charge >= 0.3 is 24.3 Å². The van der Waals surface area contributed by atoms with E-state index in [9.17, 15) is 53.1 Å². The smallest absolute Gasteiger partial charge is 0.415 e. The number of alkyl halides is 1. The Morgan fingerprint density at radius 1 is 0.853 bits per heavy atom. The van der Waals surface area contributed by atoms with Crippen LogP contribution < -0.4 is 36.6 Å². The number of aromatic hydroxyl groups is 1. The summed E-state index contributed by atoms with van der Waals surface area (Å²) < 4.78 is 28.2. The van der Waals surface area contributed by atoms with Crippen LogP contribution >= 0.6 is 11.6 Å². The van der Waals surface area contributed by atoms with Crippen LogP contribution in [0.1, 0.15) is 76.6 Å². The molecular formula is C66H76ClN11O17. The van der Waals surface area contributed by atoms with Gasteiger partial charge in [0.15, 0.2) is 5.78 Å². The number of anilines is 3. The van der Waals surface area contributed by atoms with Crippen molar-refractivity contribution in [1.29, 1.82) is 0 Å². The van der Waals surface area contributed by atoms with Crippen LogP contribution in [0.5, 0.6) is 11.5 Å². The third-order valence-corrected chi connectivity index (χ3v) is 16.1. The topological polar surface area (TPSA) is 373 Å². The van der Waals surface area contributed by atoms with Crippen molar-refractivity contribution in [2.24, 2.45) is 17.6 Å². The Hall–Kier alpha value is -10.2. The first-order valence-corrected chi connectivity index (χ1v) is 31.2. The van der Waals surface area contributed by atoms with E-state index >= 15 is 0 Å². The van der Waals surface area contributed by atoms with Crippen molar-refractivity contribution in [3.05, 3.63) is 131 Å². The van der Waals surface area contributed by atoms with E-state index in [-0.39, 0.29) is 140 Å². The number of hydrogen-bond donors (Lipinski definition) is 8. The average Bonchev–Trinajstić information content (AvgIpc) is 1.69. The molecule has 4 heterocycles. The highest BCUT2D eigenvalue weighted by Crippen LogP contribution is 2.47. The lowest BCUT2D eigenvalue weighted by Gasteiger charge is -2.26. The van der Waals surface area contributed by atoms with Gasteiger partial charge in [-0.1, -0.05) is 44.2 Å². The van der Waals surface area contributed by atoms with Gasteiger partial charge in [0.2, 0.25) is 5.91 Å². The predicted octanol–water partition coefficient (Wildman–Crippen LogP) is 6.70. The number of ketones is 1. The number of hydrogen-bond acceptors (Lipinski definition) is 18. The molecule has 4 aromatic carbocycles. The summed E-state index contributed by atoms with van der Waals surface area (Å²) in [7, 11) is 1.49. The molecule has 2 aromatic heterocycles. The number of aliphatic hydroxyl groups excluding tert-OH is 1. The van der Waals surface area contributed by atoms with E-state index in [0.717, 1.165) is 33.6 Å². The van der Waals surface area contributed by atoms with Gasteiger partial charge in [-0.05, 0) is 96.3 Å². The molecule has 0 unspecified atom stereocenters. The van der Waals surface area contributed by atoms with Crippen LogP contribution in [0.3, 0.4) is 0 Å². The van der Waals surface area contributed by atoms with E-state index in [4.69, 9.17) is 46.1 Å². The number of phenolic OH excluding ortho intramolecular Hbond substituents is 1. The zero-order valence-electron chi connectivity index (χ0n) is 52.9. The van der Waals surface area contributed by atoms with Crippen molar-refractivity contribution >= 4 is 110 Å². The van der Waals surface area contributed by atoms with E-state index in [1.807, 2.05) is 25.1 Å². The molecule has 0 fully saturated rings. The Kier molecular flexibility index (Phi) is 25.0. The molecule has 0 spiro atoms. The number of carbonyl (C=O) groups excluding carboxylic acids is 10. The van der Waals surface area contributed by atoms with Crippen LogP contribution in [-0.2, 0) is 44.7 Å². The highest BCUT2D eigenvalue weighted by Gasteiger charge is 2.37. The molecule has 0 aliphatic carbocycles. The van der Waals surface area contributed by atoms with Gasteiger partial charge in [-0.3, -0.25) is 33.7 Å². The minimum Gasteiger partial charge on any atom is -0.508 e. The lowest BCUT2D eigenvalue weighted by Crippen LogP contribution is -2.46. The molecular weight excluding hydrogens is 1250 g/mol. The largest absolute Gasteiger partial charge is 0.508 e. The van der Waals surface area contributed by atoms with Gasteiger partial charge < -0.3 is 80.6 Å². The summed E-state index contributed by atoms with van der Waals surface area (Å²) in [6.07, 6.45) is 1.33. The average molecular weight is 1330 g/mol.